The Bertz CT molecular complexity index is 1100. The van der Waals surface area contributed by atoms with E-state index in [1.54, 1.807) is 6.33 Å². The van der Waals surface area contributed by atoms with Gasteiger partial charge < -0.3 is 5.32 Å². The average Bonchev–Trinajstić information content (AvgIpc) is 3.12. The van der Waals surface area contributed by atoms with Gasteiger partial charge in [0.2, 0.25) is 0 Å². The summed E-state index contributed by atoms with van der Waals surface area (Å²) in [7, 11) is 0. The Morgan fingerprint density at radius 3 is 2.57 bits per heavy atom. The number of anilines is 2. The number of hydrogen-bond donors (Lipinski definition) is 1. The van der Waals surface area contributed by atoms with Gasteiger partial charge in [0.15, 0.2) is 5.65 Å². The van der Waals surface area contributed by atoms with E-state index in [1.807, 2.05) is 10.9 Å². The fourth-order valence-electron chi connectivity index (χ4n) is 3.44. The normalized spacial score (nSPS) is 11.1. The van der Waals surface area contributed by atoms with Crippen LogP contribution in [-0.2, 0) is 6.42 Å². The molecule has 1 N–H and O–H groups in total. The molecule has 142 valence electrons. The summed E-state index contributed by atoms with van der Waals surface area (Å²) < 4.78 is 1.88. The summed E-state index contributed by atoms with van der Waals surface area (Å²) in [6, 6.07) is 14.9. The van der Waals surface area contributed by atoms with Gasteiger partial charge in [0.25, 0.3) is 0 Å². The van der Waals surface area contributed by atoms with Gasteiger partial charge in [-0.25, -0.2) is 14.6 Å². The highest BCUT2D eigenvalue weighted by Gasteiger charge is 2.13. The van der Waals surface area contributed by atoms with Crippen LogP contribution in [0.25, 0.3) is 16.7 Å². The van der Waals surface area contributed by atoms with Crippen LogP contribution in [0.5, 0.6) is 0 Å². The topological polar surface area (TPSA) is 55.6 Å². The van der Waals surface area contributed by atoms with Gasteiger partial charge in [-0.05, 0) is 56.0 Å². The molecule has 2 heterocycles. The molecule has 28 heavy (non-hydrogen) atoms. The standard InChI is InChI=1S/C23H25N5/c1-4-5-6-18-8-10-19(11-9-18)27-22-20-14-26-28(23(20)25-15-24-22)21-12-7-16(2)13-17(21)3/h7-15H,4-6H2,1-3H3,(H,24,25,27). The third-order valence-electron chi connectivity index (χ3n) is 4.98. The molecule has 0 spiro atoms. The first-order valence-corrected chi connectivity index (χ1v) is 9.78. The summed E-state index contributed by atoms with van der Waals surface area (Å²) in [5.41, 5.74) is 6.61. The number of nitrogens with zero attached hydrogens (tertiary/aromatic N) is 4. The minimum Gasteiger partial charge on any atom is -0.340 e. The van der Waals surface area contributed by atoms with Gasteiger partial charge >= 0.3 is 0 Å². The Balaban J connectivity index is 1.65. The quantitative estimate of drug-likeness (QED) is 0.485. The van der Waals surface area contributed by atoms with Gasteiger partial charge in [0.05, 0.1) is 17.3 Å². The summed E-state index contributed by atoms with van der Waals surface area (Å²) in [6.07, 6.45) is 6.96. The SMILES string of the molecule is CCCCc1ccc(Nc2ncnc3c2cnn3-c2ccc(C)cc2C)cc1. The van der Waals surface area contributed by atoms with E-state index in [0.717, 1.165) is 34.6 Å². The fourth-order valence-corrected chi connectivity index (χ4v) is 3.44. The third-order valence-corrected chi connectivity index (χ3v) is 4.98. The van der Waals surface area contributed by atoms with Crippen molar-refractivity contribution < 1.29 is 0 Å². The number of benzene rings is 2. The van der Waals surface area contributed by atoms with E-state index in [0.29, 0.717) is 0 Å². The van der Waals surface area contributed by atoms with Gasteiger partial charge in [-0.2, -0.15) is 5.10 Å². The molecular weight excluding hydrogens is 346 g/mol. The van der Waals surface area contributed by atoms with Crippen LogP contribution >= 0.6 is 0 Å². The van der Waals surface area contributed by atoms with Crippen LogP contribution < -0.4 is 5.32 Å². The largest absolute Gasteiger partial charge is 0.340 e. The first-order chi connectivity index (χ1) is 13.7. The van der Waals surface area contributed by atoms with Crippen LogP contribution in [0.1, 0.15) is 36.5 Å². The number of aromatic nitrogens is 4. The second-order valence-corrected chi connectivity index (χ2v) is 7.23. The Morgan fingerprint density at radius 2 is 1.82 bits per heavy atom. The average molecular weight is 371 g/mol. The Kier molecular flexibility index (Phi) is 5.06. The van der Waals surface area contributed by atoms with E-state index >= 15 is 0 Å². The van der Waals surface area contributed by atoms with Crippen LogP contribution in [-0.4, -0.2) is 19.7 Å². The molecule has 2 aromatic heterocycles. The number of aryl methyl sites for hydroxylation is 3. The molecule has 4 rings (SSSR count). The molecule has 0 aliphatic rings. The van der Waals surface area contributed by atoms with E-state index in [-0.39, 0.29) is 0 Å². The molecule has 0 saturated heterocycles. The van der Waals surface area contributed by atoms with Crippen molar-refractivity contribution >= 4 is 22.5 Å². The molecule has 0 radical (unpaired) electrons. The maximum atomic E-state index is 4.58. The van der Waals surface area contributed by atoms with Crippen LogP contribution in [0.15, 0.2) is 55.0 Å². The van der Waals surface area contributed by atoms with E-state index in [9.17, 15) is 0 Å². The molecule has 2 aromatic carbocycles. The summed E-state index contributed by atoms with van der Waals surface area (Å²) in [5.74, 6) is 0.766. The Morgan fingerprint density at radius 1 is 1.00 bits per heavy atom. The van der Waals surface area contributed by atoms with Crippen LogP contribution in [0.4, 0.5) is 11.5 Å². The van der Waals surface area contributed by atoms with Gasteiger partial charge in [0.1, 0.15) is 12.1 Å². The molecule has 0 fully saturated rings. The summed E-state index contributed by atoms with van der Waals surface area (Å²) in [4.78, 5) is 8.92. The Hall–Kier alpha value is -3.21. The summed E-state index contributed by atoms with van der Waals surface area (Å²) in [6.45, 7) is 6.40. The molecule has 0 amide bonds. The highest BCUT2D eigenvalue weighted by Crippen LogP contribution is 2.26. The lowest BCUT2D eigenvalue weighted by Crippen LogP contribution is -2.01. The predicted octanol–water partition coefficient (Wildman–Crippen LogP) is 5.52. The number of fused-ring (bicyclic) bond motifs is 1. The van der Waals surface area contributed by atoms with Gasteiger partial charge in [-0.15, -0.1) is 0 Å². The van der Waals surface area contributed by atoms with Crippen molar-refractivity contribution in [1.82, 2.24) is 19.7 Å². The summed E-state index contributed by atoms with van der Waals surface area (Å²) >= 11 is 0. The molecule has 0 atom stereocenters. The zero-order valence-corrected chi connectivity index (χ0v) is 16.6. The second-order valence-electron chi connectivity index (χ2n) is 7.23. The van der Waals surface area contributed by atoms with Crippen molar-refractivity contribution in [3.8, 4) is 5.69 Å². The Labute approximate surface area is 165 Å². The molecule has 5 heteroatoms. The van der Waals surface area contributed by atoms with Crippen LogP contribution in [0, 0.1) is 13.8 Å². The monoisotopic (exact) mass is 371 g/mol. The number of rotatable bonds is 6. The zero-order valence-electron chi connectivity index (χ0n) is 16.6. The molecule has 4 aromatic rings. The van der Waals surface area contributed by atoms with Crippen molar-refractivity contribution in [2.45, 2.75) is 40.0 Å². The maximum absolute atomic E-state index is 4.58. The lowest BCUT2D eigenvalue weighted by Gasteiger charge is -2.09. The highest BCUT2D eigenvalue weighted by atomic mass is 15.3. The summed E-state index contributed by atoms with van der Waals surface area (Å²) in [5, 5.41) is 8.90. The van der Waals surface area contributed by atoms with Crippen molar-refractivity contribution in [3.05, 3.63) is 71.7 Å². The maximum Gasteiger partial charge on any atom is 0.168 e. The van der Waals surface area contributed by atoms with E-state index in [1.165, 1.54) is 29.5 Å². The molecule has 0 unspecified atom stereocenters. The lowest BCUT2D eigenvalue weighted by molar-refractivity contribution is 0.795. The first-order valence-electron chi connectivity index (χ1n) is 9.78. The van der Waals surface area contributed by atoms with E-state index in [4.69, 9.17) is 0 Å². The van der Waals surface area contributed by atoms with Gasteiger partial charge in [-0.3, -0.25) is 0 Å². The smallest absolute Gasteiger partial charge is 0.168 e. The number of hydrogen-bond acceptors (Lipinski definition) is 4. The van der Waals surface area contributed by atoms with Crippen LogP contribution in [0.3, 0.4) is 0 Å². The van der Waals surface area contributed by atoms with E-state index < -0.39 is 0 Å². The van der Waals surface area contributed by atoms with Crippen LogP contribution in [0.2, 0.25) is 0 Å². The number of nitrogens with one attached hydrogen (secondary N) is 1. The van der Waals surface area contributed by atoms with Crippen molar-refractivity contribution in [2.24, 2.45) is 0 Å². The van der Waals surface area contributed by atoms with Crippen molar-refractivity contribution in [3.63, 3.8) is 0 Å². The van der Waals surface area contributed by atoms with E-state index in [2.05, 4.69) is 83.6 Å². The highest BCUT2D eigenvalue weighted by molar-refractivity contribution is 5.89. The molecule has 5 nitrogen and oxygen atoms in total. The van der Waals surface area contributed by atoms with Crippen molar-refractivity contribution in [2.75, 3.05) is 5.32 Å². The minimum absolute atomic E-state index is 0.766. The minimum atomic E-state index is 0.766. The molecule has 0 aliphatic heterocycles. The lowest BCUT2D eigenvalue weighted by atomic mass is 10.1. The van der Waals surface area contributed by atoms with Gasteiger partial charge in [-0.1, -0.05) is 43.2 Å². The van der Waals surface area contributed by atoms with Gasteiger partial charge in [0, 0.05) is 5.69 Å². The first kappa shape index (κ1) is 18.2. The zero-order chi connectivity index (χ0) is 19.5. The molecular formula is C23H25N5. The predicted molar refractivity (Wildman–Crippen MR) is 114 cm³/mol. The number of unbranched alkanes of at least 4 members (excludes halogenated alkanes) is 1. The van der Waals surface area contributed by atoms with Crippen molar-refractivity contribution in [1.29, 1.82) is 0 Å². The molecule has 0 bridgehead atoms. The molecule has 0 saturated carbocycles. The fraction of sp³-hybridized carbons (Fsp3) is 0.261. The second kappa shape index (κ2) is 7.80. The third kappa shape index (κ3) is 3.60. The molecule has 0 aliphatic carbocycles.